The number of hydrogen-bond acceptors (Lipinski definition) is 6. The van der Waals surface area contributed by atoms with Crippen molar-refractivity contribution in [1.82, 2.24) is 15.0 Å². The van der Waals surface area contributed by atoms with Crippen molar-refractivity contribution in [2.24, 2.45) is 4.99 Å². The zero-order chi connectivity index (χ0) is 18.9. The topological polar surface area (TPSA) is 80.5 Å². The number of hydrogen-bond donors (Lipinski definition) is 1. The van der Waals surface area contributed by atoms with E-state index >= 15 is 0 Å². The van der Waals surface area contributed by atoms with Gasteiger partial charge < -0.3 is 9.84 Å². The van der Waals surface area contributed by atoms with Gasteiger partial charge in [0.1, 0.15) is 6.61 Å². The Bertz CT molecular complexity index is 932. The summed E-state index contributed by atoms with van der Waals surface area (Å²) in [5.41, 5.74) is 0.208. The van der Waals surface area contributed by atoms with E-state index < -0.39 is 5.60 Å². The van der Waals surface area contributed by atoms with Crippen LogP contribution in [0.25, 0.3) is 0 Å². The summed E-state index contributed by atoms with van der Waals surface area (Å²) < 4.78 is 5.74. The average Bonchev–Trinajstić information content (AvgIpc) is 3.08. The van der Waals surface area contributed by atoms with E-state index in [0.29, 0.717) is 29.6 Å². The van der Waals surface area contributed by atoms with E-state index in [-0.39, 0.29) is 5.54 Å². The lowest BCUT2D eigenvalue weighted by Gasteiger charge is -2.26. The summed E-state index contributed by atoms with van der Waals surface area (Å²) in [5, 5.41) is 11.7. The monoisotopic (exact) mass is 360 g/mol. The van der Waals surface area contributed by atoms with Crippen molar-refractivity contribution in [2.75, 3.05) is 6.61 Å². The normalized spacial score (nSPS) is 15.9. The van der Waals surface area contributed by atoms with E-state index in [0.717, 1.165) is 5.56 Å². The second-order valence-electron chi connectivity index (χ2n) is 7.09. The Morgan fingerprint density at radius 2 is 1.52 bits per heavy atom. The predicted octanol–water partition coefficient (Wildman–Crippen LogP) is 2.71. The van der Waals surface area contributed by atoms with Gasteiger partial charge in [0.25, 0.3) is 0 Å². The standard InChI is InChI=1S/C21H20N4O2/c1-20(2)14-27-19(25-20)15-9-12-24-18(13-15)21(26,16-7-3-5-10-22-16)17-8-4-6-11-23-17/h3-13,26H,14H2,1-2H3. The first-order valence-electron chi connectivity index (χ1n) is 8.74. The van der Waals surface area contributed by atoms with Gasteiger partial charge in [-0.25, -0.2) is 4.99 Å². The summed E-state index contributed by atoms with van der Waals surface area (Å²) in [5.74, 6) is 0.549. The van der Waals surface area contributed by atoms with Crippen molar-refractivity contribution in [2.45, 2.75) is 25.0 Å². The van der Waals surface area contributed by atoms with Gasteiger partial charge in [0.2, 0.25) is 5.90 Å². The van der Waals surface area contributed by atoms with Crippen LogP contribution in [0.5, 0.6) is 0 Å². The van der Waals surface area contributed by atoms with Crippen molar-refractivity contribution >= 4 is 5.90 Å². The summed E-state index contributed by atoms with van der Waals surface area (Å²) in [6.07, 6.45) is 4.91. The van der Waals surface area contributed by atoms with E-state index in [1.165, 1.54) is 0 Å². The smallest absolute Gasteiger partial charge is 0.216 e. The SMILES string of the molecule is CC1(C)COC(c2ccnc(C(O)(c3ccccn3)c3ccccn3)c2)=N1. The highest BCUT2D eigenvalue weighted by atomic mass is 16.5. The molecule has 3 aromatic heterocycles. The van der Waals surface area contributed by atoms with Gasteiger partial charge in [-0.05, 0) is 50.2 Å². The van der Waals surface area contributed by atoms with Crippen molar-refractivity contribution in [1.29, 1.82) is 0 Å². The fourth-order valence-electron chi connectivity index (χ4n) is 3.04. The predicted molar refractivity (Wildman–Crippen MR) is 101 cm³/mol. The van der Waals surface area contributed by atoms with E-state index in [1.807, 2.05) is 32.0 Å². The molecule has 0 amide bonds. The zero-order valence-corrected chi connectivity index (χ0v) is 15.2. The van der Waals surface area contributed by atoms with Crippen LogP contribution in [0.1, 0.15) is 36.5 Å². The number of rotatable bonds is 4. The highest BCUT2D eigenvalue weighted by Gasteiger charge is 2.39. The van der Waals surface area contributed by atoms with Gasteiger partial charge in [0, 0.05) is 24.2 Å². The first-order chi connectivity index (χ1) is 13.0. The van der Waals surface area contributed by atoms with Crippen LogP contribution in [0, 0.1) is 0 Å². The van der Waals surface area contributed by atoms with Crippen LogP contribution in [0.2, 0.25) is 0 Å². The maximum Gasteiger partial charge on any atom is 0.216 e. The molecule has 0 saturated heterocycles. The molecule has 1 N–H and O–H groups in total. The molecule has 136 valence electrons. The molecule has 0 unspecified atom stereocenters. The van der Waals surface area contributed by atoms with Crippen molar-refractivity contribution in [3.63, 3.8) is 0 Å². The first kappa shape index (κ1) is 17.3. The third kappa shape index (κ3) is 3.19. The van der Waals surface area contributed by atoms with Crippen LogP contribution in [-0.2, 0) is 10.3 Å². The summed E-state index contributed by atoms with van der Waals surface area (Å²) >= 11 is 0. The summed E-state index contributed by atoms with van der Waals surface area (Å²) in [7, 11) is 0. The third-order valence-corrected chi connectivity index (χ3v) is 4.42. The van der Waals surface area contributed by atoms with Crippen LogP contribution in [0.15, 0.2) is 72.1 Å². The first-order valence-corrected chi connectivity index (χ1v) is 8.74. The molecular weight excluding hydrogens is 340 g/mol. The van der Waals surface area contributed by atoms with Crippen molar-refractivity contribution in [3.8, 4) is 0 Å². The Morgan fingerprint density at radius 1 is 0.889 bits per heavy atom. The van der Waals surface area contributed by atoms with Crippen molar-refractivity contribution < 1.29 is 9.84 Å². The largest absolute Gasteiger partial charge is 0.475 e. The highest BCUT2D eigenvalue weighted by Crippen LogP contribution is 2.33. The molecule has 0 spiro atoms. The van der Waals surface area contributed by atoms with E-state index in [2.05, 4.69) is 19.9 Å². The molecular formula is C21H20N4O2. The molecule has 6 heteroatoms. The van der Waals surface area contributed by atoms with Crippen LogP contribution in [0.3, 0.4) is 0 Å². The summed E-state index contributed by atoms with van der Waals surface area (Å²) in [6.45, 7) is 4.55. The Labute approximate surface area is 157 Å². The molecule has 1 aliphatic heterocycles. The molecule has 0 atom stereocenters. The number of aliphatic hydroxyl groups is 1. The van der Waals surface area contributed by atoms with Gasteiger partial charge >= 0.3 is 0 Å². The molecule has 4 heterocycles. The van der Waals surface area contributed by atoms with Gasteiger partial charge in [-0.1, -0.05) is 12.1 Å². The Kier molecular flexibility index (Phi) is 4.20. The lowest BCUT2D eigenvalue weighted by molar-refractivity contribution is 0.111. The molecule has 0 aromatic carbocycles. The minimum Gasteiger partial charge on any atom is -0.475 e. The van der Waals surface area contributed by atoms with Crippen LogP contribution in [0.4, 0.5) is 0 Å². The zero-order valence-electron chi connectivity index (χ0n) is 15.2. The Morgan fingerprint density at radius 3 is 2.04 bits per heavy atom. The molecule has 0 fully saturated rings. The molecule has 3 aromatic rings. The van der Waals surface area contributed by atoms with Crippen LogP contribution >= 0.6 is 0 Å². The minimum atomic E-state index is -1.59. The van der Waals surface area contributed by atoms with Gasteiger partial charge in [-0.2, -0.15) is 0 Å². The van der Waals surface area contributed by atoms with Gasteiger partial charge in [-0.3, -0.25) is 15.0 Å². The molecule has 27 heavy (non-hydrogen) atoms. The lowest BCUT2D eigenvalue weighted by Crippen LogP contribution is -2.32. The van der Waals surface area contributed by atoms with Gasteiger partial charge in [-0.15, -0.1) is 0 Å². The highest BCUT2D eigenvalue weighted by molar-refractivity contribution is 5.95. The lowest BCUT2D eigenvalue weighted by atomic mass is 9.89. The van der Waals surface area contributed by atoms with E-state index in [4.69, 9.17) is 4.74 Å². The fraction of sp³-hybridized carbons (Fsp3) is 0.238. The molecule has 4 rings (SSSR count). The molecule has 0 saturated carbocycles. The second-order valence-corrected chi connectivity index (χ2v) is 7.09. The maximum absolute atomic E-state index is 11.7. The molecule has 0 bridgehead atoms. The van der Waals surface area contributed by atoms with Gasteiger partial charge in [0.05, 0.1) is 22.6 Å². The van der Waals surface area contributed by atoms with E-state index in [1.54, 1.807) is 48.9 Å². The summed E-state index contributed by atoms with van der Waals surface area (Å²) in [4.78, 5) is 17.8. The number of pyridine rings is 3. The Balaban J connectivity index is 1.86. The third-order valence-electron chi connectivity index (χ3n) is 4.42. The Hall–Kier alpha value is -3.12. The van der Waals surface area contributed by atoms with Crippen molar-refractivity contribution in [3.05, 3.63) is 89.8 Å². The van der Waals surface area contributed by atoms with Gasteiger partial charge in [0.15, 0.2) is 5.60 Å². The molecule has 6 nitrogen and oxygen atoms in total. The molecule has 0 radical (unpaired) electrons. The van der Waals surface area contributed by atoms with E-state index in [9.17, 15) is 5.11 Å². The average molecular weight is 360 g/mol. The van der Waals surface area contributed by atoms with Crippen LogP contribution in [-0.4, -0.2) is 38.1 Å². The quantitative estimate of drug-likeness (QED) is 0.774. The number of aromatic nitrogens is 3. The number of ether oxygens (including phenoxy) is 1. The summed E-state index contributed by atoms with van der Waals surface area (Å²) in [6, 6.07) is 14.4. The second kappa shape index (κ2) is 6.55. The minimum absolute atomic E-state index is 0.267. The molecule has 0 aliphatic carbocycles. The maximum atomic E-state index is 11.7. The number of aliphatic imine (C=N–C) groups is 1. The number of nitrogens with zero attached hydrogens (tertiary/aromatic N) is 4. The molecule has 1 aliphatic rings. The van der Waals surface area contributed by atoms with Crippen LogP contribution < -0.4 is 0 Å². The fourth-order valence-corrected chi connectivity index (χ4v) is 3.04.